The maximum absolute atomic E-state index is 13.2. The van der Waals surface area contributed by atoms with E-state index in [0.717, 1.165) is 31.4 Å². The number of aromatic nitrogens is 3. The molecule has 3 heterocycles. The summed E-state index contributed by atoms with van der Waals surface area (Å²) in [7, 11) is 1.64. The summed E-state index contributed by atoms with van der Waals surface area (Å²) < 4.78 is 6.47. The number of carbonyl (C=O) groups is 1. The third-order valence-corrected chi connectivity index (χ3v) is 7.71. The molecular formula is C26H29N5O3S. The van der Waals surface area contributed by atoms with Crippen molar-refractivity contribution in [2.24, 2.45) is 0 Å². The number of likely N-dealkylation sites (tertiary alicyclic amines) is 1. The van der Waals surface area contributed by atoms with Crippen molar-refractivity contribution >= 4 is 38.4 Å². The van der Waals surface area contributed by atoms with Gasteiger partial charge in [-0.3, -0.25) is 14.5 Å². The Bertz CT molecular complexity index is 1340. The minimum atomic E-state index is -0.166. The molecule has 2 aromatic carbocycles. The fourth-order valence-electron chi connectivity index (χ4n) is 4.59. The van der Waals surface area contributed by atoms with Gasteiger partial charge in [0.1, 0.15) is 5.82 Å². The van der Waals surface area contributed by atoms with Crippen LogP contribution in [0.1, 0.15) is 29.6 Å². The van der Waals surface area contributed by atoms with Gasteiger partial charge in [-0.1, -0.05) is 24.3 Å². The van der Waals surface area contributed by atoms with Crippen molar-refractivity contribution in [2.45, 2.75) is 25.3 Å². The van der Waals surface area contributed by atoms with Crippen molar-refractivity contribution in [3.8, 4) is 0 Å². The number of nitrogens with one attached hydrogen (secondary N) is 1. The van der Waals surface area contributed by atoms with Gasteiger partial charge in [0.15, 0.2) is 0 Å². The number of carbonyl (C=O) groups excluding carboxylic acids is 1. The number of ether oxygens (including phenoxy) is 1. The number of aromatic amines is 1. The number of thiazole rings is 1. The summed E-state index contributed by atoms with van der Waals surface area (Å²) in [6.45, 7) is 3.14. The molecule has 8 nitrogen and oxygen atoms in total. The summed E-state index contributed by atoms with van der Waals surface area (Å²) in [5.41, 5.74) is 1.54. The van der Waals surface area contributed by atoms with Crippen LogP contribution in [0.5, 0.6) is 0 Å². The zero-order chi connectivity index (χ0) is 24.2. The number of benzene rings is 2. The molecule has 1 amide bonds. The molecule has 0 saturated carbocycles. The number of methoxy groups -OCH3 is 1. The Kier molecular flexibility index (Phi) is 7.17. The number of hydrogen-bond donors (Lipinski definition) is 1. The van der Waals surface area contributed by atoms with Crippen LogP contribution in [0.25, 0.3) is 21.1 Å². The van der Waals surface area contributed by atoms with Crippen molar-refractivity contribution in [2.75, 3.05) is 39.9 Å². The largest absolute Gasteiger partial charge is 0.383 e. The molecule has 182 valence electrons. The van der Waals surface area contributed by atoms with Gasteiger partial charge in [0, 0.05) is 32.7 Å². The number of fused-ring (bicyclic) bond motifs is 2. The van der Waals surface area contributed by atoms with Gasteiger partial charge in [0.25, 0.3) is 5.56 Å². The van der Waals surface area contributed by atoms with Gasteiger partial charge in [-0.15, -0.1) is 11.3 Å². The fourth-order valence-corrected chi connectivity index (χ4v) is 5.72. The van der Waals surface area contributed by atoms with Crippen LogP contribution in [-0.2, 0) is 16.1 Å². The third kappa shape index (κ3) is 5.42. The Morgan fingerprint density at radius 1 is 1.11 bits per heavy atom. The molecule has 0 atom stereocenters. The van der Waals surface area contributed by atoms with E-state index in [0.29, 0.717) is 42.3 Å². The second-order valence-electron chi connectivity index (χ2n) is 8.91. The molecule has 0 aliphatic carbocycles. The SMILES string of the molecule is COCCN(CC(=O)N1CCC(c2nc3ccccc3s2)CC1)Cc1nc2ccccc2c(=O)[nH]1. The van der Waals surface area contributed by atoms with Crippen LogP contribution in [0.2, 0.25) is 0 Å². The Hall–Kier alpha value is -3.14. The van der Waals surface area contributed by atoms with Gasteiger partial charge >= 0.3 is 0 Å². The van der Waals surface area contributed by atoms with E-state index < -0.39 is 0 Å². The predicted molar refractivity (Wildman–Crippen MR) is 138 cm³/mol. The number of piperidine rings is 1. The molecule has 1 N–H and O–H groups in total. The molecule has 1 fully saturated rings. The van der Waals surface area contributed by atoms with Gasteiger partial charge in [0.05, 0.1) is 45.8 Å². The summed E-state index contributed by atoms with van der Waals surface area (Å²) in [5, 5.41) is 1.73. The van der Waals surface area contributed by atoms with Gasteiger partial charge < -0.3 is 14.6 Å². The zero-order valence-electron chi connectivity index (χ0n) is 19.8. The molecule has 4 aromatic rings. The van der Waals surface area contributed by atoms with Gasteiger partial charge in [0.2, 0.25) is 5.91 Å². The van der Waals surface area contributed by atoms with E-state index in [-0.39, 0.29) is 18.0 Å². The molecule has 0 spiro atoms. The van der Waals surface area contributed by atoms with Crippen LogP contribution in [0.3, 0.4) is 0 Å². The lowest BCUT2D eigenvalue weighted by molar-refractivity contribution is -0.133. The van der Waals surface area contributed by atoms with E-state index >= 15 is 0 Å². The quantitative estimate of drug-likeness (QED) is 0.406. The number of rotatable bonds is 8. The van der Waals surface area contributed by atoms with E-state index in [1.807, 2.05) is 40.1 Å². The standard InChI is InChI=1S/C26H29N5O3S/c1-34-15-14-30(16-23-27-20-7-3-2-6-19(20)25(33)29-23)17-24(32)31-12-10-18(11-13-31)26-28-21-8-4-5-9-22(21)35-26/h2-9,18H,10-17H2,1H3,(H,27,29,33). The number of para-hydroxylation sites is 2. The third-order valence-electron chi connectivity index (χ3n) is 6.51. The first-order chi connectivity index (χ1) is 17.1. The first-order valence-corrected chi connectivity index (χ1v) is 12.7. The number of hydrogen-bond acceptors (Lipinski definition) is 7. The van der Waals surface area contributed by atoms with Crippen LogP contribution >= 0.6 is 11.3 Å². The van der Waals surface area contributed by atoms with Crippen molar-refractivity contribution in [1.82, 2.24) is 24.8 Å². The molecule has 1 aliphatic heterocycles. The lowest BCUT2D eigenvalue weighted by Gasteiger charge is -2.33. The Morgan fingerprint density at radius 3 is 2.63 bits per heavy atom. The van der Waals surface area contributed by atoms with E-state index in [2.05, 4.69) is 22.1 Å². The summed E-state index contributed by atoms with van der Waals surface area (Å²) >= 11 is 1.76. The molecular weight excluding hydrogens is 462 g/mol. The highest BCUT2D eigenvalue weighted by atomic mass is 32.1. The van der Waals surface area contributed by atoms with Crippen molar-refractivity contribution < 1.29 is 9.53 Å². The average molecular weight is 492 g/mol. The normalized spacial score (nSPS) is 14.9. The molecule has 0 unspecified atom stereocenters. The molecule has 5 rings (SSSR count). The van der Waals surface area contributed by atoms with Crippen LogP contribution in [0.4, 0.5) is 0 Å². The van der Waals surface area contributed by atoms with E-state index in [1.54, 1.807) is 24.5 Å². The number of nitrogens with zero attached hydrogens (tertiary/aromatic N) is 4. The highest BCUT2D eigenvalue weighted by molar-refractivity contribution is 7.18. The summed E-state index contributed by atoms with van der Waals surface area (Å²) in [6.07, 6.45) is 1.84. The molecule has 0 radical (unpaired) electrons. The highest BCUT2D eigenvalue weighted by Crippen LogP contribution is 2.33. The number of H-pyrrole nitrogens is 1. The molecule has 2 aromatic heterocycles. The molecule has 1 saturated heterocycles. The topological polar surface area (TPSA) is 91.4 Å². The number of amides is 1. The summed E-state index contributed by atoms with van der Waals surface area (Å²) in [5.74, 6) is 1.03. The lowest BCUT2D eigenvalue weighted by atomic mass is 9.97. The average Bonchev–Trinajstić information content (AvgIpc) is 3.32. The molecule has 0 bridgehead atoms. The maximum atomic E-state index is 13.2. The van der Waals surface area contributed by atoms with Gasteiger partial charge in [-0.2, -0.15) is 0 Å². The summed E-state index contributed by atoms with van der Waals surface area (Å²) in [6, 6.07) is 15.5. The van der Waals surface area contributed by atoms with Crippen LogP contribution in [0, 0.1) is 0 Å². The summed E-state index contributed by atoms with van der Waals surface area (Å²) in [4.78, 5) is 41.8. The first kappa shape index (κ1) is 23.6. The Morgan fingerprint density at radius 2 is 1.86 bits per heavy atom. The lowest BCUT2D eigenvalue weighted by Crippen LogP contribution is -2.44. The van der Waals surface area contributed by atoms with E-state index in [4.69, 9.17) is 9.72 Å². The van der Waals surface area contributed by atoms with E-state index in [9.17, 15) is 9.59 Å². The molecule has 9 heteroatoms. The monoisotopic (exact) mass is 491 g/mol. The predicted octanol–water partition coefficient (Wildman–Crippen LogP) is 3.39. The van der Waals surface area contributed by atoms with Crippen LogP contribution in [0.15, 0.2) is 53.3 Å². The van der Waals surface area contributed by atoms with E-state index in [1.165, 1.54) is 9.71 Å². The minimum absolute atomic E-state index is 0.0898. The van der Waals surface area contributed by atoms with Crippen LogP contribution < -0.4 is 5.56 Å². The smallest absolute Gasteiger partial charge is 0.258 e. The molecule has 35 heavy (non-hydrogen) atoms. The minimum Gasteiger partial charge on any atom is -0.383 e. The first-order valence-electron chi connectivity index (χ1n) is 11.9. The van der Waals surface area contributed by atoms with Crippen LogP contribution in [-0.4, -0.2) is 70.6 Å². The second kappa shape index (κ2) is 10.6. The second-order valence-corrected chi connectivity index (χ2v) is 9.97. The highest BCUT2D eigenvalue weighted by Gasteiger charge is 2.27. The molecule has 1 aliphatic rings. The van der Waals surface area contributed by atoms with Gasteiger partial charge in [-0.05, 0) is 37.1 Å². The maximum Gasteiger partial charge on any atom is 0.258 e. The fraction of sp³-hybridized carbons (Fsp3) is 0.385. The van der Waals surface area contributed by atoms with Gasteiger partial charge in [-0.25, -0.2) is 9.97 Å². The zero-order valence-corrected chi connectivity index (χ0v) is 20.6. The van der Waals surface area contributed by atoms with Crippen molar-refractivity contribution in [3.63, 3.8) is 0 Å². The Balaban J connectivity index is 1.22. The van der Waals surface area contributed by atoms with Crippen molar-refractivity contribution in [3.05, 3.63) is 69.7 Å². The van der Waals surface area contributed by atoms with Crippen molar-refractivity contribution in [1.29, 1.82) is 0 Å². The Labute approximate surface area is 207 Å².